The molecule has 0 aliphatic rings. The van der Waals surface area contributed by atoms with Gasteiger partial charge in [-0.15, -0.1) is 0 Å². The van der Waals surface area contributed by atoms with Crippen LogP contribution in [-0.4, -0.2) is 13.8 Å². The molecule has 0 amide bonds. The van der Waals surface area contributed by atoms with Gasteiger partial charge in [-0.25, -0.2) is 0 Å². The Morgan fingerprint density at radius 2 is 2.71 bits per heavy atom. The molecule has 0 bridgehead atoms. The van der Waals surface area contributed by atoms with Crippen molar-refractivity contribution < 1.29 is 4.74 Å². The lowest BCUT2D eigenvalue weighted by Crippen LogP contribution is -2.07. The van der Waals surface area contributed by atoms with Crippen LogP contribution in [-0.2, 0) is 4.74 Å². The van der Waals surface area contributed by atoms with Gasteiger partial charge in [-0.2, -0.15) is 0 Å². The zero-order valence-corrected chi connectivity index (χ0v) is 4.40. The second-order valence-electron chi connectivity index (χ2n) is 0.987. The average Bonchev–Trinajstić information content (AvgIpc) is 1.69. The van der Waals surface area contributed by atoms with Crippen molar-refractivity contribution in [2.24, 2.45) is 0 Å². The Balaban J connectivity index is 2.83. The molecule has 7 heavy (non-hydrogen) atoms. The highest BCUT2D eigenvalue weighted by Gasteiger charge is 1.66. The third-order valence-corrected chi connectivity index (χ3v) is 0.394. The summed E-state index contributed by atoms with van der Waals surface area (Å²) in [5, 5.41) is 2.78. The van der Waals surface area contributed by atoms with Crippen LogP contribution >= 0.6 is 0 Å². The molecule has 0 aromatic heterocycles. The first-order valence-corrected chi connectivity index (χ1v) is 2.02. The van der Waals surface area contributed by atoms with Crippen LogP contribution < -0.4 is 5.32 Å². The van der Waals surface area contributed by atoms with Crippen molar-refractivity contribution >= 4 is 0 Å². The van der Waals surface area contributed by atoms with E-state index in [0.717, 1.165) is 0 Å². The second-order valence-corrected chi connectivity index (χ2v) is 0.987. The highest BCUT2D eigenvalue weighted by Crippen LogP contribution is 1.65. The average molecular weight is 99.1 g/mol. The summed E-state index contributed by atoms with van der Waals surface area (Å²) in [5.74, 6) is 0. The fourth-order valence-electron chi connectivity index (χ4n) is 0.184. The van der Waals surface area contributed by atoms with E-state index in [1.54, 1.807) is 7.05 Å². The topological polar surface area (TPSA) is 21.3 Å². The SMILES string of the molecule is C=C=COCNC. The fraction of sp³-hybridized carbons (Fsp3) is 0.400. The van der Waals surface area contributed by atoms with E-state index in [2.05, 4.69) is 17.6 Å². The molecule has 0 fully saturated rings. The quantitative estimate of drug-likeness (QED) is 0.240. The van der Waals surface area contributed by atoms with Crippen LogP contribution in [0.25, 0.3) is 0 Å². The third-order valence-electron chi connectivity index (χ3n) is 0.394. The molecule has 0 aliphatic carbocycles. The van der Waals surface area contributed by atoms with Crippen molar-refractivity contribution in [2.45, 2.75) is 0 Å². The Bertz CT molecular complexity index is 74.1. The summed E-state index contributed by atoms with van der Waals surface area (Å²) < 4.78 is 4.72. The summed E-state index contributed by atoms with van der Waals surface area (Å²) in [4.78, 5) is 0. The van der Waals surface area contributed by atoms with E-state index in [9.17, 15) is 0 Å². The molecule has 0 aromatic carbocycles. The maximum Gasteiger partial charge on any atom is 0.139 e. The van der Waals surface area contributed by atoms with Crippen LogP contribution in [0, 0.1) is 0 Å². The summed E-state index contributed by atoms with van der Waals surface area (Å²) in [5.41, 5.74) is 2.47. The third kappa shape index (κ3) is 5.28. The van der Waals surface area contributed by atoms with Crippen LogP contribution in [0.1, 0.15) is 0 Å². The van der Waals surface area contributed by atoms with Crippen molar-refractivity contribution in [2.75, 3.05) is 13.8 Å². The van der Waals surface area contributed by atoms with Gasteiger partial charge in [0.05, 0.1) is 0 Å². The maximum absolute atomic E-state index is 4.72. The van der Waals surface area contributed by atoms with Gasteiger partial charge in [-0.1, -0.05) is 12.3 Å². The molecule has 2 nitrogen and oxygen atoms in total. The second kappa shape index (κ2) is 5.28. The van der Waals surface area contributed by atoms with E-state index >= 15 is 0 Å². The van der Waals surface area contributed by atoms with E-state index in [1.807, 2.05) is 0 Å². The summed E-state index contributed by atoms with van der Waals surface area (Å²) in [6.45, 7) is 3.82. The van der Waals surface area contributed by atoms with E-state index in [0.29, 0.717) is 6.73 Å². The number of rotatable bonds is 3. The van der Waals surface area contributed by atoms with Gasteiger partial charge in [0.25, 0.3) is 0 Å². The fourth-order valence-corrected chi connectivity index (χ4v) is 0.184. The van der Waals surface area contributed by atoms with Crippen LogP contribution in [0.5, 0.6) is 0 Å². The summed E-state index contributed by atoms with van der Waals surface area (Å²) in [6, 6.07) is 0. The molecule has 0 saturated carbocycles. The predicted octanol–water partition coefficient (Wildman–Crippen LogP) is 0.478. The number of ether oxygens (including phenoxy) is 1. The monoisotopic (exact) mass is 99.1 g/mol. The largest absolute Gasteiger partial charge is 0.478 e. The first kappa shape index (κ1) is 6.28. The normalized spacial score (nSPS) is 7.00. The molecule has 0 aliphatic heterocycles. The van der Waals surface area contributed by atoms with Crippen molar-refractivity contribution in [1.29, 1.82) is 0 Å². The molecular formula is C5H9NO. The molecule has 0 rings (SSSR count). The smallest absolute Gasteiger partial charge is 0.139 e. The maximum atomic E-state index is 4.72. The molecule has 0 spiro atoms. The van der Waals surface area contributed by atoms with E-state index in [4.69, 9.17) is 4.74 Å². The Labute approximate surface area is 43.5 Å². The minimum Gasteiger partial charge on any atom is -0.478 e. The molecule has 1 N–H and O–H groups in total. The number of nitrogens with one attached hydrogen (secondary N) is 1. The zero-order chi connectivity index (χ0) is 5.54. The van der Waals surface area contributed by atoms with Crippen LogP contribution in [0.4, 0.5) is 0 Å². The van der Waals surface area contributed by atoms with Crippen molar-refractivity contribution in [3.63, 3.8) is 0 Å². The molecule has 0 unspecified atom stereocenters. The molecule has 0 saturated heterocycles. The van der Waals surface area contributed by atoms with Gasteiger partial charge < -0.3 is 4.74 Å². The molecule has 40 valence electrons. The summed E-state index contributed by atoms with van der Waals surface area (Å²) in [7, 11) is 1.80. The van der Waals surface area contributed by atoms with Crippen molar-refractivity contribution in [3.05, 3.63) is 18.6 Å². The molecule has 2 heteroatoms. The van der Waals surface area contributed by atoms with Crippen LogP contribution in [0.2, 0.25) is 0 Å². The van der Waals surface area contributed by atoms with Gasteiger partial charge in [-0.3, -0.25) is 5.32 Å². The van der Waals surface area contributed by atoms with Gasteiger partial charge in [0.1, 0.15) is 13.0 Å². The van der Waals surface area contributed by atoms with Gasteiger partial charge in [0, 0.05) is 0 Å². The van der Waals surface area contributed by atoms with Gasteiger partial charge >= 0.3 is 0 Å². The molecule has 0 radical (unpaired) electrons. The standard InChI is InChI=1S/C5H9NO/c1-3-4-7-5-6-2/h4,6H,1,5H2,2H3. The molecular weight excluding hydrogens is 90.1 g/mol. The summed E-state index contributed by atoms with van der Waals surface area (Å²) >= 11 is 0. The number of hydrogen-bond acceptors (Lipinski definition) is 2. The first-order valence-electron chi connectivity index (χ1n) is 2.02. The Hall–Kier alpha value is -0.720. The van der Waals surface area contributed by atoms with E-state index in [-0.39, 0.29) is 0 Å². The van der Waals surface area contributed by atoms with Crippen LogP contribution in [0.3, 0.4) is 0 Å². The van der Waals surface area contributed by atoms with Crippen LogP contribution in [0.15, 0.2) is 18.6 Å². The van der Waals surface area contributed by atoms with Gasteiger partial charge in [0.15, 0.2) is 0 Å². The highest BCUT2D eigenvalue weighted by molar-refractivity contribution is 4.63. The van der Waals surface area contributed by atoms with Gasteiger partial charge in [0.2, 0.25) is 0 Å². The molecule has 0 aromatic rings. The Morgan fingerprint density at radius 1 is 2.00 bits per heavy atom. The Kier molecular flexibility index (Phi) is 4.74. The minimum absolute atomic E-state index is 0.516. The van der Waals surface area contributed by atoms with Gasteiger partial charge in [-0.05, 0) is 7.05 Å². The predicted molar refractivity (Wildman–Crippen MR) is 28.7 cm³/mol. The first-order chi connectivity index (χ1) is 3.41. The lowest BCUT2D eigenvalue weighted by molar-refractivity contribution is 0.232. The van der Waals surface area contributed by atoms with E-state index < -0.39 is 0 Å². The minimum atomic E-state index is 0.516. The zero-order valence-electron chi connectivity index (χ0n) is 4.40. The molecule has 0 heterocycles. The summed E-state index contributed by atoms with van der Waals surface area (Å²) in [6.07, 6.45) is 1.41. The number of hydrogen-bond donors (Lipinski definition) is 1. The van der Waals surface area contributed by atoms with E-state index in [1.165, 1.54) is 6.26 Å². The lowest BCUT2D eigenvalue weighted by Gasteiger charge is -1.92. The van der Waals surface area contributed by atoms with Crippen molar-refractivity contribution in [3.8, 4) is 0 Å². The van der Waals surface area contributed by atoms with Crippen molar-refractivity contribution in [1.82, 2.24) is 5.32 Å². The highest BCUT2D eigenvalue weighted by atomic mass is 16.5. The molecule has 0 atom stereocenters. The lowest BCUT2D eigenvalue weighted by atomic mass is 10.9. The Morgan fingerprint density at radius 3 is 3.14 bits per heavy atom.